The molecule has 62 valence electrons. The average Bonchev–Trinajstić information content (AvgIpc) is 1.81. The first-order valence-corrected chi connectivity index (χ1v) is 4.39. The van der Waals surface area contributed by atoms with E-state index in [1.165, 1.54) is 0 Å². The first-order chi connectivity index (χ1) is 4.45. The van der Waals surface area contributed by atoms with Crippen LogP contribution in [0, 0.1) is 0 Å². The van der Waals surface area contributed by atoms with Crippen molar-refractivity contribution in [2.24, 2.45) is 0 Å². The van der Waals surface area contributed by atoms with E-state index in [-0.39, 0.29) is 12.4 Å². The molecule has 0 spiro atoms. The van der Waals surface area contributed by atoms with E-state index in [9.17, 15) is 8.42 Å². The molecule has 0 aliphatic carbocycles. The van der Waals surface area contributed by atoms with Gasteiger partial charge in [0.15, 0.2) is 0 Å². The molecule has 0 saturated heterocycles. The minimum atomic E-state index is -4.20. The molecule has 0 unspecified atom stereocenters. The lowest BCUT2D eigenvalue weighted by Crippen LogP contribution is -2.32. The summed E-state index contributed by atoms with van der Waals surface area (Å²) in [6, 6.07) is 0. The minimum Gasteiger partial charge on any atom is -0.391 e. The number of halogens is 1. The van der Waals surface area contributed by atoms with Crippen LogP contribution >= 0.6 is 11.6 Å². The molecular formula is C3H8ClNO4S. The smallest absolute Gasteiger partial charge is 0.333 e. The van der Waals surface area contributed by atoms with Crippen LogP contribution in [0.2, 0.25) is 0 Å². The monoisotopic (exact) mass is 189 g/mol. The molecule has 0 heterocycles. The summed E-state index contributed by atoms with van der Waals surface area (Å²) >= 11 is 5.11. The third-order valence-electron chi connectivity index (χ3n) is 0.679. The topological polar surface area (TPSA) is 86.6 Å². The summed E-state index contributed by atoms with van der Waals surface area (Å²) in [5, 5.41) is 8.65. The van der Waals surface area contributed by atoms with E-state index in [1.54, 1.807) is 4.72 Å². The average molecular weight is 190 g/mol. The Labute approximate surface area is 63.9 Å². The molecule has 10 heavy (non-hydrogen) atoms. The van der Waals surface area contributed by atoms with Crippen LogP contribution < -0.4 is 4.72 Å². The van der Waals surface area contributed by atoms with Crippen molar-refractivity contribution in [3.05, 3.63) is 0 Å². The Bertz CT molecular complexity index is 179. The largest absolute Gasteiger partial charge is 0.391 e. The molecule has 0 aliphatic rings. The zero-order chi connectivity index (χ0) is 8.20. The Morgan fingerprint density at radius 2 is 2.10 bits per heavy atom. The van der Waals surface area contributed by atoms with Crippen molar-refractivity contribution in [2.45, 2.75) is 6.10 Å². The lowest BCUT2D eigenvalue weighted by Gasteiger charge is -2.04. The van der Waals surface area contributed by atoms with Gasteiger partial charge in [0, 0.05) is 12.4 Å². The standard InChI is InChI=1S/C3H8ClNO4S/c4-1-3(6)2-5-10(7,8)9/h3,5-6H,1-2H2,(H,7,8,9)/t3-/m1/s1. The van der Waals surface area contributed by atoms with Crippen molar-refractivity contribution < 1.29 is 18.1 Å². The molecule has 0 rings (SSSR count). The zero-order valence-electron chi connectivity index (χ0n) is 4.99. The van der Waals surface area contributed by atoms with Crippen molar-refractivity contribution in [3.63, 3.8) is 0 Å². The van der Waals surface area contributed by atoms with Gasteiger partial charge in [0.05, 0.1) is 6.10 Å². The van der Waals surface area contributed by atoms with E-state index < -0.39 is 16.4 Å². The molecule has 0 aromatic rings. The fraction of sp³-hybridized carbons (Fsp3) is 1.00. The third kappa shape index (κ3) is 6.24. The second-order valence-electron chi connectivity index (χ2n) is 1.63. The first-order valence-electron chi connectivity index (χ1n) is 2.42. The number of aliphatic hydroxyl groups excluding tert-OH is 1. The zero-order valence-corrected chi connectivity index (χ0v) is 6.56. The SMILES string of the molecule is O=S(=O)(O)NC[C@H](O)CCl. The maximum Gasteiger partial charge on any atom is 0.333 e. The van der Waals surface area contributed by atoms with Gasteiger partial charge in [-0.1, -0.05) is 0 Å². The highest BCUT2D eigenvalue weighted by Gasteiger charge is 2.06. The van der Waals surface area contributed by atoms with Gasteiger partial charge >= 0.3 is 10.3 Å². The molecule has 0 fully saturated rings. The molecule has 0 aromatic carbocycles. The van der Waals surface area contributed by atoms with Crippen molar-refractivity contribution in [1.29, 1.82) is 0 Å². The Kier molecular flexibility index (Phi) is 4.14. The number of hydrogen-bond acceptors (Lipinski definition) is 3. The highest BCUT2D eigenvalue weighted by Crippen LogP contribution is 1.85. The van der Waals surface area contributed by atoms with E-state index >= 15 is 0 Å². The lowest BCUT2D eigenvalue weighted by atomic mass is 10.4. The van der Waals surface area contributed by atoms with Gasteiger partial charge in [0.1, 0.15) is 0 Å². The van der Waals surface area contributed by atoms with Crippen LogP contribution in [-0.4, -0.2) is 36.6 Å². The van der Waals surface area contributed by atoms with Crippen LogP contribution in [0.3, 0.4) is 0 Å². The van der Waals surface area contributed by atoms with Gasteiger partial charge in [-0.15, -0.1) is 11.6 Å². The predicted molar refractivity (Wildman–Crippen MR) is 36.3 cm³/mol. The number of hydrogen-bond donors (Lipinski definition) is 3. The van der Waals surface area contributed by atoms with Crippen LogP contribution in [0.5, 0.6) is 0 Å². The number of rotatable bonds is 4. The summed E-state index contributed by atoms with van der Waals surface area (Å²) in [6.07, 6.45) is -0.969. The molecular weight excluding hydrogens is 182 g/mol. The van der Waals surface area contributed by atoms with E-state index in [4.69, 9.17) is 21.3 Å². The molecule has 7 heteroatoms. The maximum atomic E-state index is 9.94. The summed E-state index contributed by atoms with van der Waals surface area (Å²) in [5.74, 6) is -0.0808. The summed E-state index contributed by atoms with van der Waals surface area (Å²) in [5.41, 5.74) is 0. The van der Waals surface area contributed by atoms with Crippen LogP contribution in [0.4, 0.5) is 0 Å². The molecule has 0 amide bonds. The van der Waals surface area contributed by atoms with Gasteiger partial charge in [0.2, 0.25) is 0 Å². The molecule has 0 bridgehead atoms. The van der Waals surface area contributed by atoms with Crippen molar-refractivity contribution in [2.75, 3.05) is 12.4 Å². The fourth-order valence-corrected chi connectivity index (χ4v) is 0.768. The highest BCUT2D eigenvalue weighted by molar-refractivity contribution is 7.83. The summed E-state index contributed by atoms with van der Waals surface area (Å²) in [7, 11) is -4.20. The molecule has 0 aromatic heterocycles. The number of nitrogens with one attached hydrogen (secondary N) is 1. The van der Waals surface area contributed by atoms with Crippen LogP contribution in [0.1, 0.15) is 0 Å². The van der Waals surface area contributed by atoms with E-state index in [1.807, 2.05) is 0 Å². The second-order valence-corrected chi connectivity index (χ2v) is 3.18. The van der Waals surface area contributed by atoms with E-state index in [2.05, 4.69) is 0 Å². The normalized spacial score (nSPS) is 15.1. The van der Waals surface area contributed by atoms with Gasteiger partial charge in [-0.25, -0.2) is 0 Å². The Balaban J connectivity index is 3.56. The van der Waals surface area contributed by atoms with Gasteiger partial charge in [0.25, 0.3) is 0 Å². The number of alkyl halides is 1. The fourth-order valence-electron chi connectivity index (χ4n) is 0.256. The molecule has 5 nitrogen and oxygen atoms in total. The Morgan fingerprint density at radius 3 is 2.40 bits per heavy atom. The van der Waals surface area contributed by atoms with Gasteiger partial charge in [-0.2, -0.15) is 13.1 Å². The van der Waals surface area contributed by atoms with Crippen LogP contribution in [-0.2, 0) is 10.3 Å². The Morgan fingerprint density at radius 1 is 1.60 bits per heavy atom. The minimum absolute atomic E-state index is 0.0808. The van der Waals surface area contributed by atoms with Crippen molar-refractivity contribution >= 4 is 21.9 Å². The third-order valence-corrected chi connectivity index (χ3v) is 1.57. The second kappa shape index (κ2) is 4.09. The summed E-state index contributed by atoms with van der Waals surface area (Å²) < 4.78 is 29.6. The summed E-state index contributed by atoms with van der Waals surface area (Å²) in [4.78, 5) is 0. The quantitative estimate of drug-likeness (QED) is 0.390. The maximum absolute atomic E-state index is 9.94. The molecule has 0 radical (unpaired) electrons. The van der Waals surface area contributed by atoms with Gasteiger partial charge < -0.3 is 5.11 Å². The predicted octanol–water partition coefficient (Wildman–Crippen LogP) is -1.02. The van der Waals surface area contributed by atoms with Crippen molar-refractivity contribution in [1.82, 2.24) is 4.72 Å². The number of aliphatic hydroxyl groups is 1. The van der Waals surface area contributed by atoms with Crippen molar-refractivity contribution in [3.8, 4) is 0 Å². The van der Waals surface area contributed by atoms with Gasteiger partial charge in [-0.3, -0.25) is 4.55 Å². The van der Waals surface area contributed by atoms with Crippen LogP contribution in [0.25, 0.3) is 0 Å². The van der Waals surface area contributed by atoms with Crippen LogP contribution in [0.15, 0.2) is 0 Å². The first kappa shape index (κ1) is 10.1. The highest BCUT2D eigenvalue weighted by atomic mass is 35.5. The van der Waals surface area contributed by atoms with E-state index in [0.29, 0.717) is 0 Å². The van der Waals surface area contributed by atoms with Gasteiger partial charge in [-0.05, 0) is 0 Å². The Hall–Kier alpha value is 0.120. The molecule has 1 atom stereocenters. The molecule has 0 saturated carbocycles. The molecule has 0 aliphatic heterocycles. The summed E-state index contributed by atoms with van der Waals surface area (Å²) in [6.45, 7) is -0.275. The molecule has 3 N–H and O–H groups in total. The lowest BCUT2D eigenvalue weighted by molar-refractivity contribution is 0.200. The van der Waals surface area contributed by atoms with E-state index in [0.717, 1.165) is 0 Å².